The number of rotatable bonds is 5. The van der Waals surface area contributed by atoms with E-state index in [2.05, 4.69) is 65.6 Å². The van der Waals surface area contributed by atoms with E-state index in [0.29, 0.717) is 12.6 Å². The van der Waals surface area contributed by atoms with Crippen LogP contribution in [-0.4, -0.2) is 43.1 Å². The zero-order valence-corrected chi connectivity index (χ0v) is 14.7. The Kier molecular flexibility index (Phi) is 6.90. The molecule has 0 saturated carbocycles. The fourth-order valence-electron chi connectivity index (χ4n) is 2.40. The summed E-state index contributed by atoms with van der Waals surface area (Å²) in [5.41, 5.74) is 2.58. The first-order valence-electron chi connectivity index (χ1n) is 8.15. The van der Waals surface area contributed by atoms with Gasteiger partial charge in [0.2, 0.25) is 0 Å². The van der Waals surface area contributed by atoms with Gasteiger partial charge < -0.3 is 15.5 Å². The minimum Gasteiger partial charge on any atom is -0.370 e. The number of aliphatic imine (C=N–C) groups is 1. The van der Waals surface area contributed by atoms with Crippen LogP contribution in [0, 0.1) is 0 Å². The average Bonchev–Trinajstić information content (AvgIpc) is 2.54. The highest BCUT2D eigenvalue weighted by atomic mass is 32.2. The molecule has 0 aliphatic carbocycles. The van der Waals surface area contributed by atoms with Gasteiger partial charge in [0.15, 0.2) is 5.96 Å². The maximum Gasteiger partial charge on any atom is 0.191 e. The molecule has 0 amide bonds. The van der Waals surface area contributed by atoms with Crippen molar-refractivity contribution >= 4 is 23.4 Å². The Labute approximate surface area is 138 Å². The van der Waals surface area contributed by atoms with Gasteiger partial charge in [-0.05, 0) is 38.5 Å². The van der Waals surface area contributed by atoms with Gasteiger partial charge in [-0.3, -0.25) is 0 Å². The summed E-state index contributed by atoms with van der Waals surface area (Å²) >= 11 is 2.04. The molecule has 0 spiro atoms. The standard InChI is InChI=1S/C17H28N4S/c1-4-18-17(20-14(2)3)19-13-15-5-7-16(8-6-15)21-9-11-22-12-10-21/h5-8,14H,4,9-13H2,1-3H3,(H2,18,19,20). The van der Waals surface area contributed by atoms with E-state index in [9.17, 15) is 0 Å². The number of thioether (sulfide) groups is 1. The monoisotopic (exact) mass is 320 g/mol. The second-order valence-corrected chi connectivity index (χ2v) is 6.98. The van der Waals surface area contributed by atoms with Crippen molar-refractivity contribution in [2.24, 2.45) is 4.99 Å². The lowest BCUT2D eigenvalue weighted by molar-refractivity contribution is 0.700. The smallest absolute Gasteiger partial charge is 0.191 e. The molecule has 2 N–H and O–H groups in total. The normalized spacial score (nSPS) is 16.0. The van der Waals surface area contributed by atoms with Gasteiger partial charge in [-0.1, -0.05) is 12.1 Å². The van der Waals surface area contributed by atoms with E-state index in [1.54, 1.807) is 0 Å². The molecule has 0 unspecified atom stereocenters. The summed E-state index contributed by atoms with van der Waals surface area (Å²) in [6.07, 6.45) is 0. The predicted octanol–water partition coefficient (Wildman–Crippen LogP) is 2.70. The molecule has 0 atom stereocenters. The van der Waals surface area contributed by atoms with Gasteiger partial charge in [0.25, 0.3) is 0 Å². The van der Waals surface area contributed by atoms with Crippen molar-refractivity contribution < 1.29 is 0 Å². The maximum absolute atomic E-state index is 4.64. The Balaban J connectivity index is 1.94. The Morgan fingerprint density at radius 3 is 2.50 bits per heavy atom. The summed E-state index contributed by atoms with van der Waals surface area (Å²) in [6, 6.07) is 9.23. The van der Waals surface area contributed by atoms with Crippen molar-refractivity contribution in [2.45, 2.75) is 33.4 Å². The molecule has 1 fully saturated rings. The molecule has 1 aliphatic rings. The van der Waals surface area contributed by atoms with Crippen LogP contribution in [0.3, 0.4) is 0 Å². The van der Waals surface area contributed by atoms with Crippen LogP contribution in [0.15, 0.2) is 29.3 Å². The molecule has 22 heavy (non-hydrogen) atoms. The number of benzene rings is 1. The predicted molar refractivity (Wildman–Crippen MR) is 99.1 cm³/mol. The van der Waals surface area contributed by atoms with Gasteiger partial charge in [-0.25, -0.2) is 4.99 Å². The Hall–Kier alpha value is -1.36. The van der Waals surface area contributed by atoms with Crippen LogP contribution in [0.2, 0.25) is 0 Å². The van der Waals surface area contributed by atoms with Crippen LogP contribution in [-0.2, 0) is 6.54 Å². The van der Waals surface area contributed by atoms with Crippen molar-refractivity contribution in [1.29, 1.82) is 0 Å². The average molecular weight is 321 g/mol. The zero-order chi connectivity index (χ0) is 15.8. The lowest BCUT2D eigenvalue weighted by atomic mass is 10.2. The Bertz CT molecular complexity index is 464. The van der Waals surface area contributed by atoms with Gasteiger partial charge in [0.1, 0.15) is 0 Å². The first kappa shape index (κ1) is 17.0. The molecule has 122 valence electrons. The van der Waals surface area contributed by atoms with E-state index in [1.807, 2.05) is 11.8 Å². The van der Waals surface area contributed by atoms with Crippen LogP contribution in [0.5, 0.6) is 0 Å². The third kappa shape index (κ3) is 5.44. The molecule has 1 aromatic carbocycles. The summed E-state index contributed by atoms with van der Waals surface area (Å²) in [6.45, 7) is 10.2. The molecular weight excluding hydrogens is 292 g/mol. The summed E-state index contributed by atoms with van der Waals surface area (Å²) in [7, 11) is 0. The third-order valence-corrected chi connectivity index (χ3v) is 4.44. The largest absolute Gasteiger partial charge is 0.370 e. The van der Waals surface area contributed by atoms with E-state index in [0.717, 1.165) is 25.6 Å². The van der Waals surface area contributed by atoms with Gasteiger partial charge in [-0.15, -0.1) is 0 Å². The maximum atomic E-state index is 4.64. The lowest BCUT2D eigenvalue weighted by Crippen LogP contribution is -2.41. The van der Waals surface area contributed by atoms with Crippen molar-refractivity contribution in [3.05, 3.63) is 29.8 Å². The van der Waals surface area contributed by atoms with E-state index < -0.39 is 0 Å². The second-order valence-electron chi connectivity index (χ2n) is 5.76. The molecule has 0 bridgehead atoms. The number of guanidine groups is 1. The lowest BCUT2D eigenvalue weighted by Gasteiger charge is -2.28. The highest BCUT2D eigenvalue weighted by Crippen LogP contribution is 2.20. The molecule has 0 radical (unpaired) electrons. The molecule has 4 nitrogen and oxygen atoms in total. The Morgan fingerprint density at radius 2 is 1.91 bits per heavy atom. The number of anilines is 1. The van der Waals surface area contributed by atoms with E-state index in [4.69, 9.17) is 0 Å². The SMILES string of the molecule is CCNC(=NCc1ccc(N2CCSCC2)cc1)NC(C)C. The molecule has 5 heteroatoms. The van der Waals surface area contributed by atoms with Crippen molar-refractivity contribution in [3.63, 3.8) is 0 Å². The number of nitrogens with zero attached hydrogens (tertiary/aromatic N) is 2. The number of nitrogens with one attached hydrogen (secondary N) is 2. The van der Waals surface area contributed by atoms with E-state index in [-0.39, 0.29) is 0 Å². The first-order chi connectivity index (χ1) is 10.7. The molecule has 1 heterocycles. The topological polar surface area (TPSA) is 39.7 Å². The van der Waals surface area contributed by atoms with Gasteiger partial charge in [0, 0.05) is 42.9 Å². The summed E-state index contributed by atoms with van der Waals surface area (Å²) in [5, 5.41) is 6.62. The number of hydrogen-bond acceptors (Lipinski definition) is 3. The molecule has 1 aromatic rings. The quantitative estimate of drug-likeness (QED) is 0.646. The van der Waals surface area contributed by atoms with E-state index >= 15 is 0 Å². The molecule has 2 rings (SSSR count). The van der Waals surface area contributed by atoms with Gasteiger partial charge in [0.05, 0.1) is 6.54 Å². The van der Waals surface area contributed by atoms with Crippen LogP contribution >= 0.6 is 11.8 Å². The minimum atomic E-state index is 0.386. The van der Waals surface area contributed by atoms with Crippen LogP contribution in [0.4, 0.5) is 5.69 Å². The van der Waals surface area contributed by atoms with Gasteiger partial charge in [-0.2, -0.15) is 11.8 Å². The minimum absolute atomic E-state index is 0.386. The van der Waals surface area contributed by atoms with Crippen molar-refractivity contribution in [1.82, 2.24) is 10.6 Å². The van der Waals surface area contributed by atoms with Gasteiger partial charge >= 0.3 is 0 Å². The summed E-state index contributed by atoms with van der Waals surface area (Å²) in [5.74, 6) is 3.35. The highest BCUT2D eigenvalue weighted by molar-refractivity contribution is 7.99. The van der Waals surface area contributed by atoms with Crippen molar-refractivity contribution in [3.8, 4) is 0 Å². The summed E-state index contributed by atoms with van der Waals surface area (Å²) in [4.78, 5) is 7.11. The fraction of sp³-hybridized carbons (Fsp3) is 0.588. The molecule has 1 aliphatic heterocycles. The van der Waals surface area contributed by atoms with Crippen LogP contribution < -0.4 is 15.5 Å². The fourth-order valence-corrected chi connectivity index (χ4v) is 3.30. The van der Waals surface area contributed by atoms with Crippen molar-refractivity contribution in [2.75, 3.05) is 36.0 Å². The summed E-state index contributed by atoms with van der Waals surface area (Å²) < 4.78 is 0. The molecule has 1 saturated heterocycles. The molecular formula is C17H28N4S. The van der Waals surface area contributed by atoms with Crippen LogP contribution in [0.25, 0.3) is 0 Å². The zero-order valence-electron chi connectivity index (χ0n) is 13.9. The number of hydrogen-bond donors (Lipinski definition) is 2. The highest BCUT2D eigenvalue weighted by Gasteiger charge is 2.10. The third-order valence-electron chi connectivity index (χ3n) is 3.50. The van der Waals surface area contributed by atoms with E-state index in [1.165, 1.54) is 22.8 Å². The van der Waals surface area contributed by atoms with Crippen LogP contribution in [0.1, 0.15) is 26.3 Å². The molecule has 0 aromatic heterocycles. The second kappa shape index (κ2) is 8.93. The first-order valence-corrected chi connectivity index (χ1v) is 9.31. The Morgan fingerprint density at radius 1 is 1.23 bits per heavy atom.